The summed E-state index contributed by atoms with van der Waals surface area (Å²) in [6, 6.07) is 3.49. The van der Waals surface area contributed by atoms with Crippen LogP contribution < -0.4 is 10.6 Å². The smallest absolute Gasteiger partial charge is 0.343 e. The van der Waals surface area contributed by atoms with E-state index in [4.69, 9.17) is 0 Å². The molecule has 4 rings (SSSR count). The fourth-order valence-electron chi connectivity index (χ4n) is 2.80. The number of hydrogen-bond donors (Lipinski definition) is 2. The molecule has 0 aliphatic carbocycles. The fourth-order valence-corrected chi connectivity index (χ4v) is 3.64. The molecule has 0 aliphatic rings. The zero-order valence-corrected chi connectivity index (χ0v) is 17.1. The monoisotopic (exact) mass is 447 g/mol. The van der Waals surface area contributed by atoms with Gasteiger partial charge < -0.3 is 15.2 Å². The molecular formula is C19H16F3N7OS. The molecule has 8 nitrogen and oxygen atoms in total. The van der Waals surface area contributed by atoms with E-state index in [0.29, 0.717) is 16.3 Å². The van der Waals surface area contributed by atoms with Crippen molar-refractivity contribution < 1.29 is 18.0 Å². The molecule has 0 aliphatic heterocycles. The highest BCUT2D eigenvalue weighted by Gasteiger charge is 2.32. The number of pyridine rings is 2. The molecule has 0 saturated carbocycles. The Kier molecular flexibility index (Phi) is 5.31. The predicted octanol–water partition coefficient (Wildman–Crippen LogP) is 4.07. The van der Waals surface area contributed by atoms with Crippen LogP contribution in [0.1, 0.15) is 34.0 Å². The Morgan fingerprint density at radius 2 is 1.94 bits per heavy atom. The van der Waals surface area contributed by atoms with Gasteiger partial charge in [0.15, 0.2) is 5.13 Å². The first-order valence-electron chi connectivity index (χ1n) is 9.04. The number of anilines is 2. The lowest BCUT2D eigenvalue weighted by atomic mass is 10.2. The topological polar surface area (TPSA) is 97.6 Å². The summed E-state index contributed by atoms with van der Waals surface area (Å²) < 4.78 is 39.6. The van der Waals surface area contributed by atoms with E-state index >= 15 is 0 Å². The average molecular weight is 447 g/mol. The molecule has 4 heterocycles. The molecule has 0 radical (unpaired) electrons. The normalized spacial score (nSPS) is 12.7. The summed E-state index contributed by atoms with van der Waals surface area (Å²) in [7, 11) is 1.83. The van der Waals surface area contributed by atoms with E-state index in [-0.39, 0.29) is 17.6 Å². The standard InChI is InChI=1S/C19H16F3N7OS/c1-10(27-17(30)12-5-14-13(7-23-12)26-9-29(14)2)15-8-25-18(31-15)28-11-3-4-16(24-6-11)19(20,21)22/h3-10H,1-2H3,(H,25,28)(H,27,30)/t10-/m1/s1. The Morgan fingerprint density at radius 1 is 1.13 bits per heavy atom. The van der Waals surface area contributed by atoms with Gasteiger partial charge in [-0.3, -0.25) is 4.79 Å². The van der Waals surface area contributed by atoms with Crippen molar-refractivity contribution >= 4 is 39.1 Å². The third-order valence-electron chi connectivity index (χ3n) is 4.45. The number of carbonyl (C=O) groups excluding carboxylic acids is 1. The molecule has 160 valence electrons. The number of hydrogen-bond acceptors (Lipinski definition) is 7. The van der Waals surface area contributed by atoms with E-state index in [1.54, 1.807) is 36.3 Å². The van der Waals surface area contributed by atoms with E-state index < -0.39 is 11.9 Å². The highest BCUT2D eigenvalue weighted by molar-refractivity contribution is 7.15. The van der Waals surface area contributed by atoms with Crippen LogP contribution in [0.15, 0.2) is 43.1 Å². The largest absolute Gasteiger partial charge is 0.433 e. The second kappa shape index (κ2) is 7.95. The van der Waals surface area contributed by atoms with Gasteiger partial charge in [0, 0.05) is 18.1 Å². The molecular weight excluding hydrogens is 431 g/mol. The maximum absolute atomic E-state index is 12.6. The minimum Gasteiger partial charge on any atom is -0.343 e. The second-order valence-electron chi connectivity index (χ2n) is 6.73. The van der Waals surface area contributed by atoms with Gasteiger partial charge in [0.25, 0.3) is 5.91 Å². The molecule has 2 N–H and O–H groups in total. The number of aromatic nitrogens is 5. The number of carbonyl (C=O) groups is 1. The van der Waals surface area contributed by atoms with Crippen molar-refractivity contribution in [2.24, 2.45) is 7.05 Å². The van der Waals surface area contributed by atoms with Crippen molar-refractivity contribution in [3.8, 4) is 0 Å². The van der Waals surface area contributed by atoms with Crippen molar-refractivity contribution in [3.63, 3.8) is 0 Å². The first-order valence-corrected chi connectivity index (χ1v) is 9.86. The van der Waals surface area contributed by atoms with Gasteiger partial charge in [-0.05, 0) is 25.1 Å². The van der Waals surface area contributed by atoms with Gasteiger partial charge in [0.2, 0.25) is 0 Å². The fraction of sp³-hybridized carbons (Fsp3) is 0.211. The van der Waals surface area contributed by atoms with Gasteiger partial charge >= 0.3 is 6.18 Å². The SMILES string of the molecule is C[C@@H](NC(=O)c1cc2c(cn1)ncn2C)c1cnc(Nc2ccc(C(F)(F)F)nc2)s1. The molecule has 4 aromatic rings. The highest BCUT2D eigenvalue weighted by atomic mass is 32.1. The number of thiazole rings is 1. The molecule has 12 heteroatoms. The third-order valence-corrected chi connectivity index (χ3v) is 5.54. The molecule has 0 bridgehead atoms. The Balaban J connectivity index is 1.42. The Morgan fingerprint density at radius 3 is 2.65 bits per heavy atom. The molecule has 0 unspecified atom stereocenters. The maximum Gasteiger partial charge on any atom is 0.433 e. The summed E-state index contributed by atoms with van der Waals surface area (Å²) >= 11 is 1.27. The first-order chi connectivity index (χ1) is 14.7. The lowest BCUT2D eigenvalue weighted by molar-refractivity contribution is -0.141. The molecule has 0 aromatic carbocycles. The number of amides is 1. The van der Waals surface area contributed by atoms with Crippen LogP contribution in [0.5, 0.6) is 0 Å². The van der Waals surface area contributed by atoms with Gasteiger partial charge in [-0.2, -0.15) is 13.2 Å². The van der Waals surface area contributed by atoms with Gasteiger partial charge in [-0.15, -0.1) is 0 Å². The predicted molar refractivity (Wildman–Crippen MR) is 109 cm³/mol. The number of aryl methyl sites for hydroxylation is 1. The summed E-state index contributed by atoms with van der Waals surface area (Å²) in [6.45, 7) is 1.80. The number of alkyl halides is 3. The molecule has 0 spiro atoms. The number of halogens is 3. The van der Waals surface area contributed by atoms with Crippen molar-refractivity contribution in [2.45, 2.75) is 19.1 Å². The lowest BCUT2D eigenvalue weighted by Crippen LogP contribution is -2.26. The van der Waals surface area contributed by atoms with Gasteiger partial charge in [-0.1, -0.05) is 11.3 Å². The van der Waals surface area contributed by atoms with Crippen LogP contribution in [-0.4, -0.2) is 30.4 Å². The lowest BCUT2D eigenvalue weighted by Gasteiger charge is -2.11. The van der Waals surface area contributed by atoms with E-state index in [1.165, 1.54) is 17.4 Å². The van der Waals surface area contributed by atoms with Gasteiger partial charge in [-0.25, -0.2) is 19.9 Å². The molecule has 0 fully saturated rings. The quantitative estimate of drug-likeness (QED) is 0.479. The summed E-state index contributed by atoms with van der Waals surface area (Å²) in [4.78, 5) is 29.3. The van der Waals surface area contributed by atoms with Crippen molar-refractivity contribution in [3.05, 3.63) is 59.4 Å². The molecule has 0 saturated heterocycles. The summed E-state index contributed by atoms with van der Waals surface area (Å²) in [5.41, 5.74) is 1.17. The van der Waals surface area contributed by atoms with Crippen molar-refractivity contribution in [1.82, 2.24) is 29.8 Å². The number of fused-ring (bicyclic) bond motifs is 1. The highest BCUT2D eigenvalue weighted by Crippen LogP contribution is 2.30. The third kappa shape index (κ3) is 4.48. The van der Waals surface area contributed by atoms with E-state index in [9.17, 15) is 18.0 Å². The average Bonchev–Trinajstić information content (AvgIpc) is 3.34. The van der Waals surface area contributed by atoms with Crippen LogP contribution in [0, 0.1) is 0 Å². The van der Waals surface area contributed by atoms with Gasteiger partial charge in [0.05, 0.1) is 36.0 Å². The van der Waals surface area contributed by atoms with Gasteiger partial charge in [0.1, 0.15) is 16.9 Å². The van der Waals surface area contributed by atoms with E-state index in [0.717, 1.165) is 22.7 Å². The summed E-state index contributed by atoms with van der Waals surface area (Å²) in [5, 5.41) is 6.24. The molecule has 1 atom stereocenters. The zero-order chi connectivity index (χ0) is 22.2. The summed E-state index contributed by atoms with van der Waals surface area (Å²) in [5.74, 6) is -0.342. The van der Waals surface area contributed by atoms with Crippen LogP contribution in [-0.2, 0) is 13.2 Å². The Bertz CT molecular complexity index is 1230. The minimum atomic E-state index is -4.49. The Hall–Kier alpha value is -3.54. The Labute approximate surface area is 178 Å². The second-order valence-corrected chi connectivity index (χ2v) is 7.79. The maximum atomic E-state index is 12.6. The molecule has 4 aromatic heterocycles. The van der Waals surface area contributed by atoms with Crippen molar-refractivity contribution in [1.29, 1.82) is 0 Å². The number of imidazole rings is 1. The first kappa shape index (κ1) is 20.7. The number of nitrogens with one attached hydrogen (secondary N) is 2. The van der Waals surface area contributed by atoms with Crippen LogP contribution in [0.3, 0.4) is 0 Å². The minimum absolute atomic E-state index is 0.265. The zero-order valence-electron chi connectivity index (χ0n) is 16.3. The van der Waals surface area contributed by atoms with E-state index in [1.807, 2.05) is 7.05 Å². The van der Waals surface area contributed by atoms with Crippen LogP contribution in [0.25, 0.3) is 11.0 Å². The molecule has 31 heavy (non-hydrogen) atoms. The van der Waals surface area contributed by atoms with Crippen LogP contribution in [0.2, 0.25) is 0 Å². The van der Waals surface area contributed by atoms with Crippen LogP contribution >= 0.6 is 11.3 Å². The van der Waals surface area contributed by atoms with Crippen molar-refractivity contribution in [2.75, 3.05) is 5.32 Å². The van der Waals surface area contributed by atoms with Crippen LogP contribution in [0.4, 0.5) is 24.0 Å². The molecule has 1 amide bonds. The summed E-state index contributed by atoms with van der Waals surface area (Å²) in [6.07, 6.45) is 1.38. The van der Waals surface area contributed by atoms with E-state index in [2.05, 4.69) is 30.6 Å². The number of nitrogens with zero attached hydrogens (tertiary/aromatic N) is 5. The number of rotatable bonds is 5.